The number of hydrogen-bond donors (Lipinski definition) is 2. The number of nitrogens with zero attached hydrogens (tertiary/aromatic N) is 2. The summed E-state index contributed by atoms with van der Waals surface area (Å²) in [6, 6.07) is 13.5. The lowest BCUT2D eigenvalue weighted by Crippen LogP contribution is -2.21. The number of hydrogen-bond acceptors (Lipinski definition) is 4. The normalized spacial score (nSPS) is 10.6. The molecule has 0 aliphatic carbocycles. The lowest BCUT2D eigenvalue weighted by atomic mass is 10.2. The second-order valence-electron chi connectivity index (χ2n) is 4.82. The smallest absolute Gasteiger partial charge is 0.211 e. The number of halogens is 1. The molecule has 24 heavy (non-hydrogen) atoms. The first-order valence-electron chi connectivity index (χ1n) is 7.34. The molecule has 0 saturated heterocycles. The highest BCUT2D eigenvalue weighted by Gasteiger charge is 2.06. The Morgan fingerprint density at radius 1 is 1.08 bits per heavy atom. The third-order valence-electron chi connectivity index (χ3n) is 2.96. The highest BCUT2D eigenvalue weighted by atomic mass is 79.9. The molecule has 0 radical (unpaired) electrons. The van der Waals surface area contributed by atoms with E-state index in [-0.39, 0.29) is 5.96 Å². The van der Waals surface area contributed by atoms with Gasteiger partial charge in [-0.1, -0.05) is 28.1 Å². The Morgan fingerprint density at radius 2 is 1.83 bits per heavy atom. The van der Waals surface area contributed by atoms with Crippen LogP contribution in [0.1, 0.15) is 18.1 Å². The molecule has 0 unspecified atom stereocenters. The van der Waals surface area contributed by atoms with Gasteiger partial charge in [0.15, 0.2) is 11.5 Å². The maximum Gasteiger partial charge on any atom is 0.211 e. The lowest BCUT2D eigenvalue weighted by Gasteiger charge is -2.12. The number of guanidine groups is 1. The van der Waals surface area contributed by atoms with Crippen LogP contribution in [0.15, 0.2) is 57.1 Å². The van der Waals surface area contributed by atoms with E-state index in [1.54, 1.807) is 6.21 Å². The summed E-state index contributed by atoms with van der Waals surface area (Å²) >= 11 is 3.41. The van der Waals surface area contributed by atoms with Crippen LogP contribution in [0.25, 0.3) is 0 Å². The van der Waals surface area contributed by atoms with E-state index < -0.39 is 0 Å². The maximum atomic E-state index is 5.86. The van der Waals surface area contributed by atoms with Gasteiger partial charge in [0.25, 0.3) is 0 Å². The number of ether oxygens (including phenoxy) is 2. The first kappa shape index (κ1) is 17.8. The van der Waals surface area contributed by atoms with E-state index in [1.165, 1.54) is 0 Å². The molecule has 126 valence electrons. The van der Waals surface area contributed by atoms with Crippen LogP contribution < -0.4 is 20.9 Å². The molecular formula is C17H19BrN4O2. The summed E-state index contributed by atoms with van der Waals surface area (Å²) in [6.45, 7) is 2.90. The molecule has 0 atom stereocenters. The van der Waals surface area contributed by atoms with E-state index in [9.17, 15) is 0 Å². The first-order valence-corrected chi connectivity index (χ1v) is 8.14. The van der Waals surface area contributed by atoms with Gasteiger partial charge in [-0.25, -0.2) is 0 Å². The molecule has 2 aromatic rings. The fraction of sp³-hybridized carbons (Fsp3) is 0.176. The van der Waals surface area contributed by atoms with Crippen LogP contribution in [0.5, 0.6) is 11.5 Å². The molecule has 0 aliphatic heterocycles. The summed E-state index contributed by atoms with van der Waals surface area (Å²) in [7, 11) is 0. The predicted molar refractivity (Wildman–Crippen MR) is 99.5 cm³/mol. The Hall–Kier alpha value is -2.54. The monoisotopic (exact) mass is 390 g/mol. The molecule has 7 heteroatoms. The predicted octanol–water partition coefficient (Wildman–Crippen LogP) is 3.03. The van der Waals surface area contributed by atoms with Crippen LogP contribution in [0.3, 0.4) is 0 Å². The van der Waals surface area contributed by atoms with Crippen LogP contribution >= 0.6 is 15.9 Å². The van der Waals surface area contributed by atoms with Crippen LogP contribution in [0.4, 0.5) is 0 Å². The molecule has 4 N–H and O–H groups in total. The van der Waals surface area contributed by atoms with Gasteiger partial charge in [-0.05, 0) is 48.4 Å². The minimum atomic E-state index is -0.0919. The topological polar surface area (TPSA) is 95.2 Å². The van der Waals surface area contributed by atoms with Crippen LogP contribution in [-0.2, 0) is 6.61 Å². The second-order valence-corrected chi connectivity index (χ2v) is 5.74. The van der Waals surface area contributed by atoms with Gasteiger partial charge in [-0.2, -0.15) is 5.10 Å². The quantitative estimate of drug-likeness (QED) is 0.431. The standard InChI is InChI=1S/C17H19BrN4O2/c1-2-23-16-9-13(10-21-22-17(19)20)5-8-15(16)24-11-12-3-6-14(18)7-4-12/h3-10H,2,11H2,1H3,(H4,19,20,22). The van der Waals surface area contributed by atoms with Crippen LogP contribution in [-0.4, -0.2) is 18.8 Å². The summed E-state index contributed by atoms with van der Waals surface area (Å²) in [5.41, 5.74) is 12.3. The van der Waals surface area contributed by atoms with Crippen molar-refractivity contribution in [2.45, 2.75) is 13.5 Å². The Balaban J connectivity index is 2.12. The maximum absolute atomic E-state index is 5.86. The molecular weight excluding hydrogens is 372 g/mol. The highest BCUT2D eigenvalue weighted by molar-refractivity contribution is 9.10. The fourth-order valence-electron chi connectivity index (χ4n) is 1.90. The lowest BCUT2D eigenvalue weighted by molar-refractivity contribution is 0.269. The molecule has 0 spiro atoms. The van der Waals surface area contributed by atoms with Crippen molar-refractivity contribution in [2.75, 3.05) is 6.61 Å². The van der Waals surface area contributed by atoms with Crippen molar-refractivity contribution >= 4 is 28.1 Å². The molecule has 2 aromatic carbocycles. The van der Waals surface area contributed by atoms with Crippen LogP contribution in [0, 0.1) is 0 Å². The molecule has 0 aliphatic rings. The largest absolute Gasteiger partial charge is 0.490 e. The summed E-state index contributed by atoms with van der Waals surface area (Å²) < 4.78 is 12.5. The second kappa shape index (κ2) is 8.93. The third-order valence-corrected chi connectivity index (χ3v) is 3.48. The van der Waals surface area contributed by atoms with Gasteiger partial charge in [-0.3, -0.25) is 0 Å². The molecule has 0 heterocycles. The molecule has 2 rings (SSSR count). The van der Waals surface area contributed by atoms with Crippen molar-refractivity contribution in [3.8, 4) is 11.5 Å². The Bertz CT molecular complexity index is 726. The van der Waals surface area contributed by atoms with Crippen molar-refractivity contribution in [3.05, 3.63) is 58.1 Å². The first-order chi connectivity index (χ1) is 11.6. The van der Waals surface area contributed by atoms with Crippen molar-refractivity contribution < 1.29 is 9.47 Å². The number of rotatable bonds is 7. The van der Waals surface area contributed by atoms with Gasteiger partial charge in [-0.15, -0.1) is 5.10 Å². The summed E-state index contributed by atoms with van der Waals surface area (Å²) in [4.78, 5) is 0. The molecule has 0 saturated carbocycles. The van der Waals surface area contributed by atoms with Crippen molar-refractivity contribution in [2.24, 2.45) is 21.7 Å². The zero-order chi connectivity index (χ0) is 17.4. The third kappa shape index (κ3) is 5.58. The van der Waals surface area contributed by atoms with Crippen LogP contribution in [0.2, 0.25) is 0 Å². The van der Waals surface area contributed by atoms with Gasteiger partial charge in [0, 0.05) is 4.47 Å². The Labute approximate surface area is 149 Å². The molecule has 0 fully saturated rings. The van der Waals surface area contributed by atoms with Gasteiger partial charge in [0.05, 0.1) is 12.8 Å². The minimum Gasteiger partial charge on any atom is -0.490 e. The average Bonchev–Trinajstić information content (AvgIpc) is 2.55. The van der Waals surface area contributed by atoms with Crippen molar-refractivity contribution in [1.82, 2.24) is 0 Å². The van der Waals surface area contributed by atoms with Gasteiger partial charge < -0.3 is 20.9 Å². The van der Waals surface area contributed by atoms with E-state index in [4.69, 9.17) is 20.9 Å². The van der Waals surface area contributed by atoms with E-state index in [0.29, 0.717) is 24.7 Å². The molecule has 0 amide bonds. The fourth-order valence-corrected chi connectivity index (χ4v) is 2.16. The van der Waals surface area contributed by atoms with E-state index in [2.05, 4.69) is 26.1 Å². The van der Waals surface area contributed by atoms with Crippen molar-refractivity contribution in [3.63, 3.8) is 0 Å². The van der Waals surface area contributed by atoms with E-state index in [1.807, 2.05) is 49.4 Å². The summed E-state index contributed by atoms with van der Waals surface area (Å²) in [5, 5.41) is 7.35. The highest BCUT2D eigenvalue weighted by Crippen LogP contribution is 2.29. The van der Waals surface area contributed by atoms with E-state index >= 15 is 0 Å². The van der Waals surface area contributed by atoms with Gasteiger partial charge in [0.2, 0.25) is 5.96 Å². The average molecular weight is 391 g/mol. The zero-order valence-electron chi connectivity index (χ0n) is 13.3. The van der Waals surface area contributed by atoms with E-state index in [0.717, 1.165) is 15.6 Å². The van der Waals surface area contributed by atoms with Gasteiger partial charge in [0.1, 0.15) is 6.61 Å². The molecule has 0 bridgehead atoms. The number of benzene rings is 2. The zero-order valence-corrected chi connectivity index (χ0v) is 14.9. The Kier molecular flexibility index (Phi) is 6.62. The Morgan fingerprint density at radius 3 is 2.50 bits per heavy atom. The summed E-state index contributed by atoms with van der Waals surface area (Å²) in [6.07, 6.45) is 1.54. The van der Waals surface area contributed by atoms with Crippen molar-refractivity contribution in [1.29, 1.82) is 0 Å². The molecule has 6 nitrogen and oxygen atoms in total. The minimum absolute atomic E-state index is 0.0919. The SMILES string of the molecule is CCOc1cc(C=NN=C(N)N)ccc1OCc1ccc(Br)cc1. The summed E-state index contributed by atoms with van der Waals surface area (Å²) in [5.74, 6) is 1.22. The van der Waals surface area contributed by atoms with Gasteiger partial charge >= 0.3 is 0 Å². The number of nitrogens with two attached hydrogens (primary N) is 2. The molecule has 0 aromatic heterocycles.